The first-order valence-corrected chi connectivity index (χ1v) is 7.20. The number of hydrogen-bond donors (Lipinski definition) is 4. The zero-order chi connectivity index (χ0) is 16.8. The lowest BCUT2D eigenvalue weighted by molar-refractivity contribution is -0.135. The van der Waals surface area contributed by atoms with Crippen LogP contribution in [0.5, 0.6) is 5.75 Å². The molecule has 1 fully saturated rings. The van der Waals surface area contributed by atoms with Gasteiger partial charge in [-0.05, 0) is 24.1 Å². The number of β-amino-alcohol motifs (C(OH)–C–C–N with tert-alkyl or cyclic N) is 1. The van der Waals surface area contributed by atoms with E-state index < -0.39 is 30.8 Å². The summed E-state index contributed by atoms with van der Waals surface area (Å²) in [5.74, 6) is -0.421. The summed E-state index contributed by atoms with van der Waals surface area (Å²) in [7, 11) is 1.59. The van der Waals surface area contributed by atoms with Gasteiger partial charge in [0.1, 0.15) is 24.5 Å². The standard InChI is InChI=1S/C15H20N2O6/c1-22-10-4-2-9(3-5-10)6-11-14(12(18)7-16-11)23-15(21)17-8-13(19)20/h2-5,11-12,14,16,18H,6-8H2,1H3,(H,17,21)(H,19,20)/t11-,12+,14+/m1/s1. The Labute approximate surface area is 133 Å². The van der Waals surface area contributed by atoms with Gasteiger partial charge in [0.2, 0.25) is 0 Å². The molecule has 2 rings (SSSR count). The van der Waals surface area contributed by atoms with Crippen LogP contribution < -0.4 is 15.4 Å². The van der Waals surface area contributed by atoms with Gasteiger partial charge in [-0.1, -0.05) is 12.1 Å². The number of carbonyl (C=O) groups excluding carboxylic acids is 1. The van der Waals surface area contributed by atoms with Crippen molar-refractivity contribution in [3.05, 3.63) is 29.8 Å². The maximum atomic E-state index is 11.6. The molecule has 1 aromatic carbocycles. The summed E-state index contributed by atoms with van der Waals surface area (Å²) >= 11 is 0. The molecule has 4 N–H and O–H groups in total. The highest BCUT2D eigenvalue weighted by atomic mass is 16.6. The Bertz CT molecular complexity index is 547. The number of amides is 1. The van der Waals surface area contributed by atoms with Gasteiger partial charge in [-0.25, -0.2) is 4.79 Å². The van der Waals surface area contributed by atoms with Crippen molar-refractivity contribution in [2.45, 2.75) is 24.7 Å². The number of methoxy groups -OCH3 is 1. The van der Waals surface area contributed by atoms with Gasteiger partial charge in [0.25, 0.3) is 0 Å². The molecule has 1 aromatic rings. The summed E-state index contributed by atoms with van der Waals surface area (Å²) < 4.78 is 10.2. The minimum absolute atomic E-state index is 0.256. The molecule has 0 radical (unpaired) electrons. The van der Waals surface area contributed by atoms with Crippen LogP contribution in [0.1, 0.15) is 5.56 Å². The van der Waals surface area contributed by atoms with Gasteiger partial charge in [-0.2, -0.15) is 0 Å². The number of aliphatic hydroxyl groups excluding tert-OH is 1. The number of aliphatic hydroxyl groups is 1. The van der Waals surface area contributed by atoms with E-state index in [0.717, 1.165) is 11.3 Å². The van der Waals surface area contributed by atoms with Crippen molar-refractivity contribution < 1.29 is 29.3 Å². The Hall–Kier alpha value is -2.32. The lowest BCUT2D eigenvalue weighted by Gasteiger charge is -2.22. The van der Waals surface area contributed by atoms with E-state index in [1.54, 1.807) is 7.11 Å². The molecular formula is C15H20N2O6. The second-order valence-electron chi connectivity index (χ2n) is 5.25. The van der Waals surface area contributed by atoms with Crippen LogP contribution >= 0.6 is 0 Å². The minimum atomic E-state index is -1.16. The van der Waals surface area contributed by atoms with Crippen molar-refractivity contribution in [1.29, 1.82) is 0 Å². The number of hydrogen-bond acceptors (Lipinski definition) is 6. The highest BCUT2D eigenvalue weighted by Crippen LogP contribution is 2.19. The number of carboxylic acids is 1. The smallest absolute Gasteiger partial charge is 0.408 e. The van der Waals surface area contributed by atoms with Crippen LogP contribution in [0.3, 0.4) is 0 Å². The van der Waals surface area contributed by atoms with Crippen LogP contribution in [0, 0.1) is 0 Å². The van der Waals surface area contributed by atoms with Gasteiger partial charge in [-0.3, -0.25) is 4.79 Å². The van der Waals surface area contributed by atoms with Crippen LogP contribution in [0.25, 0.3) is 0 Å². The van der Waals surface area contributed by atoms with E-state index in [9.17, 15) is 14.7 Å². The SMILES string of the molecule is COc1ccc(C[C@H]2NC[C@H](O)[C@H]2OC(=O)NCC(=O)O)cc1. The maximum absolute atomic E-state index is 11.6. The van der Waals surface area contributed by atoms with Gasteiger partial charge < -0.3 is 30.3 Å². The monoisotopic (exact) mass is 324 g/mol. The summed E-state index contributed by atoms with van der Waals surface area (Å²) in [6.45, 7) is -0.226. The van der Waals surface area contributed by atoms with Gasteiger partial charge in [-0.15, -0.1) is 0 Å². The highest BCUT2D eigenvalue weighted by Gasteiger charge is 2.37. The summed E-state index contributed by atoms with van der Waals surface area (Å²) in [4.78, 5) is 22.0. The average Bonchev–Trinajstić information content (AvgIpc) is 2.87. The number of rotatable bonds is 6. The molecule has 1 heterocycles. The molecule has 0 spiro atoms. The molecule has 8 nitrogen and oxygen atoms in total. The van der Waals surface area contributed by atoms with Crippen molar-refractivity contribution >= 4 is 12.1 Å². The molecule has 0 saturated carbocycles. The fourth-order valence-electron chi connectivity index (χ4n) is 2.45. The number of carbonyl (C=O) groups is 2. The van der Waals surface area contributed by atoms with E-state index in [2.05, 4.69) is 10.6 Å². The van der Waals surface area contributed by atoms with Gasteiger partial charge in [0.15, 0.2) is 0 Å². The topological polar surface area (TPSA) is 117 Å². The van der Waals surface area contributed by atoms with Crippen molar-refractivity contribution in [2.75, 3.05) is 20.2 Å². The number of nitrogens with one attached hydrogen (secondary N) is 2. The van der Waals surface area contributed by atoms with Crippen LogP contribution in [0.15, 0.2) is 24.3 Å². The highest BCUT2D eigenvalue weighted by molar-refractivity contribution is 5.76. The second kappa shape index (κ2) is 7.80. The fraction of sp³-hybridized carbons (Fsp3) is 0.467. The Morgan fingerprint density at radius 2 is 2.04 bits per heavy atom. The van der Waals surface area contributed by atoms with E-state index >= 15 is 0 Å². The van der Waals surface area contributed by atoms with E-state index in [1.165, 1.54) is 0 Å². The molecule has 1 aliphatic rings. The van der Waals surface area contributed by atoms with Crippen LogP contribution in [-0.4, -0.2) is 60.7 Å². The average molecular weight is 324 g/mol. The molecule has 23 heavy (non-hydrogen) atoms. The molecule has 1 amide bonds. The van der Waals surface area contributed by atoms with Crippen molar-refractivity contribution in [1.82, 2.24) is 10.6 Å². The van der Waals surface area contributed by atoms with Crippen LogP contribution in [0.2, 0.25) is 0 Å². The van der Waals surface area contributed by atoms with Gasteiger partial charge in [0.05, 0.1) is 13.2 Å². The zero-order valence-electron chi connectivity index (χ0n) is 12.7. The predicted octanol–water partition coefficient (Wildman–Crippen LogP) is -0.250. The van der Waals surface area contributed by atoms with Crippen molar-refractivity contribution in [2.24, 2.45) is 0 Å². The molecule has 0 aliphatic carbocycles. The number of carboxylic acid groups (broad SMARTS) is 1. The predicted molar refractivity (Wildman–Crippen MR) is 80.4 cm³/mol. The molecule has 0 unspecified atom stereocenters. The van der Waals surface area contributed by atoms with Crippen molar-refractivity contribution in [3.8, 4) is 5.75 Å². The molecule has 0 bridgehead atoms. The number of benzene rings is 1. The molecule has 1 saturated heterocycles. The fourth-order valence-corrected chi connectivity index (χ4v) is 2.45. The Morgan fingerprint density at radius 3 is 2.65 bits per heavy atom. The van der Waals surface area contributed by atoms with Crippen molar-refractivity contribution in [3.63, 3.8) is 0 Å². The van der Waals surface area contributed by atoms with Crippen LogP contribution in [0.4, 0.5) is 4.79 Å². The third-order valence-electron chi connectivity index (χ3n) is 3.61. The third-order valence-corrected chi connectivity index (χ3v) is 3.61. The van der Waals surface area contributed by atoms with E-state index in [-0.39, 0.29) is 6.04 Å². The largest absolute Gasteiger partial charge is 0.497 e. The summed E-state index contributed by atoms with van der Waals surface area (Å²) in [6, 6.07) is 7.19. The van der Waals surface area contributed by atoms with Gasteiger partial charge >= 0.3 is 12.1 Å². The molecule has 126 valence electrons. The first-order valence-electron chi connectivity index (χ1n) is 7.20. The van der Waals surface area contributed by atoms with Crippen LogP contribution in [-0.2, 0) is 16.0 Å². The second-order valence-corrected chi connectivity index (χ2v) is 5.25. The number of ether oxygens (including phenoxy) is 2. The van der Waals surface area contributed by atoms with E-state index in [4.69, 9.17) is 14.6 Å². The molecule has 1 aliphatic heterocycles. The third kappa shape index (κ3) is 4.83. The van der Waals surface area contributed by atoms with E-state index in [1.807, 2.05) is 24.3 Å². The van der Waals surface area contributed by atoms with Gasteiger partial charge in [0, 0.05) is 6.54 Å². The quantitative estimate of drug-likeness (QED) is 0.570. The lowest BCUT2D eigenvalue weighted by atomic mass is 10.0. The Kier molecular flexibility index (Phi) is 5.78. The molecule has 8 heteroatoms. The molecule has 3 atom stereocenters. The molecule has 0 aromatic heterocycles. The zero-order valence-corrected chi connectivity index (χ0v) is 12.7. The Balaban J connectivity index is 1.94. The summed E-state index contributed by atoms with van der Waals surface area (Å²) in [5, 5.41) is 23.7. The number of aliphatic carboxylic acids is 1. The summed E-state index contributed by atoms with van der Waals surface area (Å²) in [5.41, 5.74) is 0.997. The lowest BCUT2D eigenvalue weighted by Crippen LogP contribution is -2.42. The number of alkyl carbamates (subject to hydrolysis) is 1. The Morgan fingerprint density at radius 1 is 1.35 bits per heavy atom. The molecular weight excluding hydrogens is 304 g/mol. The first kappa shape index (κ1) is 17.0. The first-order chi connectivity index (χ1) is 11.0. The van der Waals surface area contributed by atoms with E-state index in [0.29, 0.717) is 13.0 Å². The maximum Gasteiger partial charge on any atom is 0.408 e. The minimum Gasteiger partial charge on any atom is -0.497 e. The summed E-state index contributed by atoms with van der Waals surface area (Å²) in [6.07, 6.45) is -1.89. The normalized spacial score (nSPS) is 23.3.